The molecule has 0 spiro atoms. The molecular weight excluding hydrogens is 238 g/mol. The van der Waals surface area contributed by atoms with E-state index in [2.05, 4.69) is 5.32 Å². The van der Waals surface area contributed by atoms with Crippen LogP contribution in [0, 0.1) is 10.1 Å². The van der Waals surface area contributed by atoms with Gasteiger partial charge in [-0.25, -0.2) is 0 Å². The van der Waals surface area contributed by atoms with Gasteiger partial charge in [-0.05, 0) is 6.07 Å². The van der Waals surface area contributed by atoms with Crippen LogP contribution in [-0.4, -0.2) is 30.5 Å². The van der Waals surface area contributed by atoms with Crippen LogP contribution in [0.3, 0.4) is 0 Å². The second kappa shape index (κ2) is 7.23. The molecule has 1 rings (SSSR count). The Labute approximate surface area is 104 Å². The zero-order valence-corrected chi connectivity index (χ0v) is 9.80. The summed E-state index contributed by atoms with van der Waals surface area (Å²) in [5.41, 5.74) is 5.12. The number of hydrogen-bond acceptors (Lipinski definition) is 5. The summed E-state index contributed by atoms with van der Waals surface area (Å²) in [6.07, 6.45) is 0.131. The number of rotatable bonds is 7. The predicted octanol–water partition coefficient (Wildman–Crippen LogP) is 0.439. The Bertz CT molecular complexity index is 423. The predicted molar refractivity (Wildman–Crippen MR) is 65.3 cm³/mol. The average molecular weight is 253 g/mol. The molecule has 0 aliphatic carbocycles. The summed E-state index contributed by atoms with van der Waals surface area (Å²) in [6, 6.07) is 6.04. The van der Waals surface area contributed by atoms with Crippen molar-refractivity contribution in [2.75, 3.05) is 19.7 Å². The number of nitrogens with two attached hydrogens (primary N) is 1. The normalized spacial score (nSPS) is 9.83. The summed E-state index contributed by atoms with van der Waals surface area (Å²) in [6.45, 7) is 0.863. The minimum Gasteiger partial charge on any atom is -0.486 e. The highest BCUT2D eigenvalue weighted by molar-refractivity contribution is 5.75. The van der Waals surface area contributed by atoms with Crippen molar-refractivity contribution in [1.29, 1.82) is 0 Å². The number of carbonyl (C=O) groups excluding carboxylic acids is 1. The summed E-state index contributed by atoms with van der Waals surface area (Å²) in [5, 5.41) is 13.3. The maximum atomic E-state index is 11.2. The first-order valence-electron chi connectivity index (χ1n) is 5.48. The van der Waals surface area contributed by atoms with Gasteiger partial charge in [0.05, 0.1) is 18.0 Å². The van der Waals surface area contributed by atoms with Gasteiger partial charge in [-0.15, -0.1) is 0 Å². The summed E-state index contributed by atoms with van der Waals surface area (Å²) >= 11 is 0. The third-order valence-electron chi connectivity index (χ3n) is 2.12. The van der Waals surface area contributed by atoms with Crippen molar-refractivity contribution in [3.05, 3.63) is 34.4 Å². The molecule has 0 aliphatic heterocycles. The highest BCUT2D eigenvalue weighted by Crippen LogP contribution is 2.25. The van der Waals surface area contributed by atoms with Crippen molar-refractivity contribution in [2.45, 2.75) is 6.42 Å². The van der Waals surface area contributed by atoms with Crippen LogP contribution in [0.4, 0.5) is 5.69 Å². The summed E-state index contributed by atoms with van der Waals surface area (Å²) in [7, 11) is 0. The van der Waals surface area contributed by atoms with Crippen LogP contribution in [0.2, 0.25) is 0 Å². The molecule has 1 amide bonds. The van der Waals surface area contributed by atoms with Crippen molar-refractivity contribution >= 4 is 11.6 Å². The van der Waals surface area contributed by atoms with Gasteiger partial charge in [0.15, 0.2) is 5.75 Å². The number of benzene rings is 1. The molecule has 3 N–H and O–H groups in total. The summed E-state index contributed by atoms with van der Waals surface area (Å²) < 4.78 is 5.22. The Balaban J connectivity index is 2.44. The molecule has 1 aromatic carbocycles. The van der Waals surface area contributed by atoms with Gasteiger partial charge in [-0.1, -0.05) is 12.1 Å². The van der Waals surface area contributed by atoms with Gasteiger partial charge in [0.2, 0.25) is 5.91 Å². The Hall–Kier alpha value is -2.15. The third kappa shape index (κ3) is 4.38. The molecule has 0 unspecified atom stereocenters. The Morgan fingerprint density at radius 1 is 1.44 bits per heavy atom. The number of nitrogens with one attached hydrogen (secondary N) is 1. The molecule has 0 saturated heterocycles. The van der Waals surface area contributed by atoms with Crippen LogP contribution < -0.4 is 15.8 Å². The molecule has 0 atom stereocenters. The highest BCUT2D eigenvalue weighted by atomic mass is 16.6. The summed E-state index contributed by atoms with van der Waals surface area (Å²) in [4.78, 5) is 21.4. The largest absolute Gasteiger partial charge is 0.486 e. The Morgan fingerprint density at radius 3 is 2.83 bits per heavy atom. The number of ether oxygens (including phenoxy) is 1. The molecule has 0 aromatic heterocycles. The molecular formula is C11H15N3O4. The lowest BCUT2D eigenvalue weighted by Gasteiger charge is -2.06. The van der Waals surface area contributed by atoms with Crippen molar-refractivity contribution in [3.63, 3.8) is 0 Å². The van der Waals surface area contributed by atoms with Crippen molar-refractivity contribution in [2.24, 2.45) is 5.73 Å². The monoisotopic (exact) mass is 253 g/mol. The third-order valence-corrected chi connectivity index (χ3v) is 2.12. The maximum absolute atomic E-state index is 11.2. The Kier molecular flexibility index (Phi) is 5.59. The van der Waals surface area contributed by atoms with Crippen LogP contribution in [-0.2, 0) is 4.79 Å². The molecule has 0 aliphatic rings. The maximum Gasteiger partial charge on any atom is 0.310 e. The lowest BCUT2D eigenvalue weighted by molar-refractivity contribution is -0.385. The highest BCUT2D eigenvalue weighted by Gasteiger charge is 2.13. The van der Waals surface area contributed by atoms with E-state index in [4.69, 9.17) is 10.5 Å². The van der Waals surface area contributed by atoms with Gasteiger partial charge in [0, 0.05) is 19.2 Å². The molecule has 0 fully saturated rings. The van der Waals surface area contributed by atoms with Gasteiger partial charge in [-0.2, -0.15) is 0 Å². The SMILES string of the molecule is NCCNC(=O)CCOc1ccccc1[N+](=O)[O-]. The van der Waals surface area contributed by atoms with Crippen LogP contribution in [0.1, 0.15) is 6.42 Å². The minimum absolute atomic E-state index is 0.0846. The van der Waals surface area contributed by atoms with E-state index in [0.29, 0.717) is 13.1 Å². The molecule has 18 heavy (non-hydrogen) atoms. The summed E-state index contributed by atoms with van der Waals surface area (Å²) in [5.74, 6) is -0.0341. The first-order chi connectivity index (χ1) is 8.65. The molecule has 7 nitrogen and oxygen atoms in total. The van der Waals surface area contributed by atoms with E-state index in [9.17, 15) is 14.9 Å². The number of nitro groups is 1. The minimum atomic E-state index is -0.524. The Morgan fingerprint density at radius 2 is 2.17 bits per heavy atom. The molecule has 0 radical (unpaired) electrons. The lowest BCUT2D eigenvalue weighted by Crippen LogP contribution is -2.29. The second-order valence-corrected chi connectivity index (χ2v) is 3.46. The topological polar surface area (TPSA) is 107 Å². The van der Waals surface area contributed by atoms with Gasteiger partial charge >= 0.3 is 5.69 Å². The zero-order chi connectivity index (χ0) is 13.4. The van der Waals surface area contributed by atoms with Gasteiger partial charge in [0.25, 0.3) is 0 Å². The molecule has 98 valence electrons. The van der Waals surface area contributed by atoms with E-state index in [1.54, 1.807) is 12.1 Å². The molecule has 0 heterocycles. The fourth-order valence-corrected chi connectivity index (χ4v) is 1.28. The van der Waals surface area contributed by atoms with E-state index >= 15 is 0 Å². The average Bonchev–Trinajstić information content (AvgIpc) is 2.36. The fourth-order valence-electron chi connectivity index (χ4n) is 1.28. The molecule has 0 saturated carbocycles. The quantitative estimate of drug-likeness (QED) is 0.541. The first kappa shape index (κ1) is 13.9. The van der Waals surface area contributed by atoms with Crippen molar-refractivity contribution < 1.29 is 14.5 Å². The van der Waals surface area contributed by atoms with Crippen LogP contribution >= 0.6 is 0 Å². The molecule has 1 aromatic rings. The number of carbonyl (C=O) groups is 1. The van der Waals surface area contributed by atoms with Gasteiger partial charge in [0.1, 0.15) is 0 Å². The van der Waals surface area contributed by atoms with E-state index < -0.39 is 4.92 Å². The van der Waals surface area contributed by atoms with Crippen LogP contribution in [0.25, 0.3) is 0 Å². The van der Waals surface area contributed by atoms with Crippen LogP contribution in [0.5, 0.6) is 5.75 Å². The number of hydrogen-bond donors (Lipinski definition) is 2. The number of nitrogens with zero attached hydrogens (tertiary/aromatic N) is 1. The molecule has 0 bridgehead atoms. The van der Waals surface area contributed by atoms with Crippen molar-refractivity contribution in [1.82, 2.24) is 5.32 Å². The zero-order valence-electron chi connectivity index (χ0n) is 9.80. The number of amides is 1. The van der Waals surface area contributed by atoms with E-state index in [1.807, 2.05) is 0 Å². The number of nitro benzene ring substituents is 1. The van der Waals surface area contributed by atoms with E-state index in [0.717, 1.165) is 0 Å². The van der Waals surface area contributed by atoms with Gasteiger partial charge in [-0.3, -0.25) is 14.9 Å². The fraction of sp³-hybridized carbons (Fsp3) is 0.364. The number of para-hydroxylation sites is 2. The smallest absolute Gasteiger partial charge is 0.310 e. The second-order valence-electron chi connectivity index (χ2n) is 3.46. The van der Waals surface area contributed by atoms with E-state index in [1.165, 1.54) is 12.1 Å². The first-order valence-corrected chi connectivity index (χ1v) is 5.48. The van der Waals surface area contributed by atoms with Crippen molar-refractivity contribution in [3.8, 4) is 5.75 Å². The van der Waals surface area contributed by atoms with Gasteiger partial charge < -0.3 is 15.8 Å². The molecule has 7 heteroatoms. The standard InChI is InChI=1S/C11H15N3O4/c12-6-7-13-11(15)5-8-18-10-4-2-1-3-9(10)14(16)17/h1-4H,5-8,12H2,(H,13,15). The lowest BCUT2D eigenvalue weighted by atomic mass is 10.3. The van der Waals surface area contributed by atoms with Crippen LogP contribution in [0.15, 0.2) is 24.3 Å². The van der Waals surface area contributed by atoms with E-state index in [-0.39, 0.29) is 30.4 Å².